The van der Waals surface area contributed by atoms with Crippen molar-refractivity contribution in [2.75, 3.05) is 0 Å². The average molecular weight is 377 g/mol. The van der Waals surface area contributed by atoms with E-state index in [9.17, 15) is 0 Å². The van der Waals surface area contributed by atoms with Gasteiger partial charge in [0.25, 0.3) is 0 Å². The van der Waals surface area contributed by atoms with Gasteiger partial charge in [0.2, 0.25) is 0 Å². The van der Waals surface area contributed by atoms with Crippen LogP contribution in [0.5, 0.6) is 11.5 Å². The van der Waals surface area contributed by atoms with Crippen LogP contribution in [0.15, 0.2) is 93.8 Å². The molecule has 0 aliphatic carbocycles. The molecule has 0 unspecified atom stereocenters. The molecule has 0 atom stereocenters. The summed E-state index contributed by atoms with van der Waals surface area (Å²) in [6, 6.07) is 27.3. The van der Waals surface area contributed by atoms with Crippen molar-refractivity contribution in [1.82, 2.24) is 0 Å². The zero-order valence-corrected chi connectivity index (χ0v) is 15.3. The first-order valence-electron chi connectivity index (χ1n) is 9.34. The Bertz CT molecular complexity index is 1380. The summed E-state index contributed by atoms with van der Waals surface area (Å²) < 4.78 is 23.6. The number of fused-ring (bicyclic) bond motifs is 6. The summed E-state index contributed by atoms with van der Waals surface area (Å²) in [6.07, 6.45) is 0. The Morgan fingerprint density at radius 2 is 0.931 bits per heavy atom. The molecule has 0 fully saturated rings. The van der Waals surface area contributed by atoms with Crippen LogP contribution in [0.1, 0.15) is 0 Å². The second-order valence-corrected chi connectivity index (χ2v) is 6.79. The lowest BCUT2D eigenvalue weighted by atomic mass is 10.1. The fourth-order valence-corrected chi connectivity index (χ4v) is 3.81. The molecule has 1 radical (unpaired) electrons. The van der Waals surface area contributed by atoms with Gasteiger partial charge in [0, 0.05) is 10.8 Å². The van der Waals surface area contributed by atoms with Crippen LogP contribution >= 0.6 is 0 Å². The molecule has 137 valence electrons. The van der Waals surface area contributed by atoms with Gasteiger partial charge < -0.3 is 18.1 Å². The lowest BCUT2D eigenvalue weighted by Gasteiger charge is -2.08. The second kappa shape index (κ2) is 6.35. The second-order valence-electron chi connectivity index (χ2n) is 6.79. The summed E-state index contributed by atoms with van der Waals surface area (Å²) in [5.41, 5.74) is 3.21. The molecule has 0 saturated carbocycles. The summed E-state index contributed by atoms with van der Waals surface area (Å²) in [5.74, 6) is 1.35. The van der Waals surface area contributed by atoms with Crippen LogP contribution < -0.4 is 9.31 Å². The lowest BCUT2D eigenvalue weighted by Crippen LogP contribution is -2.11. The van der Waals surface area contributed by atoms with Gasteiger partial charge in [-0.15, -0.1) is 0 Å². The third-order valence-electron chi connectivity index (χ3n) is 5.08. The Morgan fingerprint density at radius 3 is 1.45 bits per heavy atom. The number of hydrogen-bond acceptors (Lipinski definition) is 4. The van der Waals surface area contributed by atoms with Crippen molar-refractivity contribution in [1.29, 1.82) is 0 Å². The fourth-order valence-electron chi connectivity index (χ4n) is 3.81. The highest BCUT2D eigenvalue weighted by atomic mass is 16.6. The van der Waals surface area contributed by atoms with E-state index in [0.717, 1.165) is 43.9 Å². The van der Waals surface area contributed by atoms with Crippen LogP contribution in [0.4, 0.5) is 0 Å². The molecule has 0 N–H and O–H groups in total. The van der Waals surface area contributed by atoms with Crippen LogP contribution in [0.3, 0.4) is 0 Å². The molecule has 0 aliphatic rings. The van der Waals surface area contributed by atoms with Crippen LogP contribution in [-0.2, 0) is 0 Å². The summed E-state index contributed by atoms with van der Waals surface area (Å²) in [6.45, 7) is 0. The third-order valence-corrected chi connectivity index (χ3v) is 5.08. The molecule has 4 nitrogen and oxygen atoms in total. The Balaban J connectivity index is 1.35. The van der Waals surface area contributed by atoms with Gasteiger partial charge in [0.05, 0.1) is 10.8 Å². The molecule has 0 saturated heterocycles. The van der Waals surface area contributed by atoms with Gasteiger partial charge in [-0.2, -0.15) is 0 Å². The molecule has 4 aromatic carbocycles. The van der Waals surface area contributed by atoms with Crippen molar-refractivity contribution in [3.05, 3.63) is 84.9 Å². The van der Waals surface area contributed by atoms with Gasteiger partial charge in [-0.3, -0.25) is 0 Å². The average Bonchev–Trinajstić information content (AvgIpc) is 3.33. The van der Waals surface area contributed by atoms with Crippen LogP contribution in [-0.4, -0.2) is 7.69 Å². The van der Waals surface area contributed by atoms with Gasteiger partial charge in [0.15, 0.2) is 0 Å². The van der Waals surface area contributed by atoms with E-state index < -0.39 is 0 Å². The van der Waals surface area contributed by atoms with E-state index >= 15 is 0 Å². The van der Waals surface area contributed by atoms with Crippen molar-refractivity contribution in [3.8, 4) is 11.5 Å². The highest BCUT2D eigenvalue weighted by Gasteiger charge is 2.15. The molecule has 6 aromatic rings. The molecular weight excluding hydrogens is 363 g/mol. The number of para-hydroxylation sites is 2. The minimum absolute atomic E-state index is 0.677. The van der Waals surface area contributed by atoms with Gasteiger partial charge in [-0.25, -0.2) is 0 Å². The minimum Gasteiger partial charge on any atom is -0.526 e. The van der Waals surface area contributed by atoms with Crippen molar-refractivity contribution >= 4 is 51.6 Å². The molecule has 0 aliphatic heterocycles. The fraction of sp³-hybridized carbons (Fsp3) is 0. The predicted octanol–water partition coefficient (Wildman–Crippen LogP) is 6.48. The van der Waals surface area contributed by atoms with Crippen LogP contribution in [0, 0.1) is 0 Å². The van der Waals surface area contributed by atoms with Crippen LogP contribution in [0.2, 0.25) is 0 Å². The number of benzene rings is 4. The zero-order chi connectivity index (χ0) is 19.2. The maximum absolute atomic E-state index is 5.91. The van der Waals surface area contributed by atoms with E-state index in [1.807, 2.05) is 84.9 Å². The first-order chi connectivity index (χ1) is 14.4. The lowest BCUT2D eigenvalue weighted by molar-refractivity contribution is 0.465. The van der Waals surface area contributed by atoms with Crippen molar-refractivity contribution in [2.45, 2.75) is 0 Å². The van der Waals surface area contributed by atoms with E-state index in [2.05, 4.69) is 0 Å². The first kappa shape index (κ1) is 16.1. The molecule has 5 heteroatoms. The maximum Gasteiger partial charge on any atom is 0.658 e. The van der Waals surface area contributed by atoms with Crippen molar-refractivity contribution in [2.24, 2.45) is 0 Å². The van der Waals surface area contributed by atoms with Gasteiger partial charge in [0.1, 0.15) is 33.8 Å². The van der Waals surface area contributed by atoms with E-state index in [4.69, 9.17) is 18.1 Å². The Morgan fingerprint density at radius 1 is 0.483 bits per heavy atom. The maximum atomic E-state index is 5.91. The first-order valence-corrected chi connectivity index (χ1v) is 9.34. The Labute approximate surface area is 166 Å². The number of furan rings is 2. The van der Waals surface area contributed by atoms with E-state index in [0.29, 0.717) is 11.5 Å². The van der Waals surface area contributed by atoms with Crippen molar-refractivity contribution in [3.63, 3.8) is 0 Å². The smallest absolute Gasteiger partial charge is 0.526 e. The molecule has 2 heterocycles. The summed E-state index contributed by atoms with van der Waals surface area (Å²) >= 11 is 0. The minimum atomic E-state index is 0.677. The molecule has 6 rings (SSSR count). The SMILES string of the molecule is [B](Oc1cccc2oc3ccccc3c12)Oc1cccc2oc3ccccc3c12. The quantitative estimate of drug-likeness (QED) is 0.330. The molecule has 0 amide bonds. The summed E-state index contributed by atoms with van der Waals surface area (Å²) in [5, 5.41) is 3.87. The molecular formula is C24H14BO4. The van der Waals surface area contributed by atoms with Gasteiger partial charge >= 0.3 is 7.69 Å². The summed E-state index contributed by atoms with van der Waals surface area (Å²) in [4.78, 5) is 0. The highest BCUT2D eigenvalue weighted by Crippen LogP contribution is 2.37. The van der Waals surface area contributed by atoms with Gasteiger partial charge in [-0.05, 0) is 36.4 Å². The van der Waals surface area contributed by atoms with Crippen molar-refractivity contribution < 1.29 is 18.1 Å². The Hall–Kier alpha value is -3.86. The summed E-state index contributed by atoms with van der Waals surface area (Å²) in [7, 11) is 1.35. The normalized spacial score (nSPS) is 11.4. The topological polar surface area (TPSA) is 44.7 Å². The van der Waals surface area contributed by atoms with E-state index in [-0.39, 0.29) is 0 Å². The van der Waals surface area contributed by atoms with Gasteiger partial charge in [-0.1, -0.05) is 48.5 Å². The zero-order valence-electron chi connectivity index (χ0n) is 15.3. The van der Waals surface area contributed by atoms with E-state index in [1.54, 1.807) is 0 Å². The molecule has 2 aromatic heterocycles. The highest BCUT2D eigenvalue weighted by molar-refractivity contribution is 6.23. The Kier molecular flexibility index (Phi) is 3.53. The predicted molar refractivity (Wildman–Crippen MR) is 114 cm³/mol. The number of rotatable bonds is 4. The molecule has 0 spiro atoms. The van der Waals surface area contributed by atoms with Crippen LogP contribution in [0.25, 0.3) is 43.9 Å². The standard InChI is InChI=1S/C24H14BO4/c1-3-9-17-15(7-1)23-19(26-17)11-5-13-21(23)28-25-29-22-14-6-12-20-24(22)16-8-2-4-10-18(16)27-20/h1-14H. The van der Waals surface area contributed by atoms with E-state index in [1.165, 1.54) is 7.69 Å². The number of hydrogen-bond donors (Lipinski definition) is 0. The largest absolute Gasteiger partial charge is 0.658 e. The third kappa shape index (κ3) is 2.55. The molecule has 29 heavy (non-hydrogen) atoms. The monoisotopic (exact) mass is 377 g/mol. The molecule has 0 bridgehead atoms.